The maximum absolute atomic E-state index is 11.6. The van der Waals surface area contributed by atoms with Crippen molar-refractivity contribution in [1.29, 1.82) is 0 Å². The molecular formula is C28H42O3. The maximum Gasteiger partial charge on any atom is 0.309 e. The van der Waals surface area contributed by atoms with E-state index < -0.39 is 0 Å². The number of esters is 1. The Kier molecular flexibility index (Phi) is 6.79. The summed E-state index contributed by atoms with van der Waals surface area (Å²) in [5, 5.41) is 0. The molecule has 0 aromatic heterocycles. The Morgan fingerprint density at radius 1 is 1.06 bits per heavy atom. The number of hydrogen-bond donors (Lipinski definition) is 0. The highest BCUT2D eigenvalue weighted by Gasteiger charge is 2.52. The van der Waals surface area contributed by atoms with Crippen LogP contribution in [0.25, 0.3) is 0 Å². The number of ether oxygens (including phenoxy) is 1. The van der Waals surface area contributed by atoms with Crippen molar-refractivity contribution in [3.8, 4) is 0 Å². The maximum atomic E-state index is 11.6. The van der Waals surface area contributed by atoms with E-state index in [2.05, 4.69) is 38.2 Å². The number of allylic oxidation sites excluding steroid dienone is 4. The van der Waals surface area contributed by atoms with E-state index in [0.717, 1.165) is 62.2 Å². The second kappa shape index (κ2) is 9.24. The third kappa shape index (κ3) is 4.57. The van der Waals surface area contributed by atoms with Gasteiger partial charge in [0.05, 0.1) is 12.0 Å². The first-order valence-electron chi connectivity index (χ1n) is 12.9. The van der Waals surface area contributed by atoms with Crippen molar-refractivity contribution < 1.29 is 14.3 Å². The van der Waals surface area contributed by atoms with E-state index in [1.54, 1.807) is 0 Å². The van der Waals surface area contributed by atoms with Gasteiger partial charge in [-0.1, -0.05) is 44.6 Å². The van der Waals surface area contributed by atoms with Gasteiger partial charge in [-0.25, -0.2) is 0 Å². The summed E-state index contributed by atoms with van der Waals surface area (Å²) in [4.78, 5) is 23.0. The van der Waals surface area contributed by atoms with Crippen LogP contribution >= 0.6 is 0 Å². The minimum absolute atomic E-state index is 0.00634. The average Bonchev–Trinajstić information content (AvgIpc) is 3.54. The Bertz CT molecular complexity index is 725. The molecule has 5 aliphatic rings. The van der Waals surface area contributed by atoms with Crippen molar-refractivity contribution in [2.24, 2.45) is 46.8 Å². The predicted molar refractivity (Wildman–Crippen MR) is 124 cm³/mol. The molecule has 7 atom stereocenters. The fraction of sp³-hybridized carbons (Fsp3) is 0.786. The second-order valence-corrected chi connectivity index (χ2v) is 11.3. The van der Waals surface area contributed by atoms with Crippen molar-refractivity contribution in [1.82, 2.24) is 0 Å². The van der Waals surface area contributed by atoms with Crippen LogP contribution in [0.2, 0.25) is 0 Å². The van der Waals surface area contributed by atoms with Gasteiger partial charge in [0.25, 0.3) is 0 Å². The zero-order chi connectivity index (χ0) is 22.2. The number of rotatable bonds is 5. The molecule has 3 saturated carbocycles. The van der Waals surface area contributed by atoms with Crippen LogP contribution in [-0.4, -0.2) is 17.9 Å². The molecule has 0 N–H and O–H groups in total. The molecule has 0 aromatic rings. The first kappa shape index (κ1) is 22.8. The molecule has 0 amide bonds. The Hall–Kier alpha value is -1.38. The Balaban J connectivity index is 0.000000158. The fourth-order valence-corrected chi connectivity index (χ4v) is 7.48. The van der Waals surface area contributed by atoms with Crippen LogP contribution < -0.4 is 0 Å². The van der Waals surface area contributed by atoms with Crippen LogP contribution in [0.5, 0.6) is 0 Å². The average molecular weight is 427 g/mol. The van der Waals surface area contributed by atoms with Crippen LogP contribution in [0.15, 0.2) is 24.3 Å². The van der Waals surface area contributed by atoms with Crippen LogP contribution in [0.1, 0.15) is 85.5 Å². The van der Waals surface area contributed by atoms with Crippen LogP contribution in [0.4, 0.5) is 0 Å². The summed E-state index contributed by atoms with van der Waals surface area (Å²) in [6, 6.07) is 0. The topological polar surface area (TPSA) is 43.4 Å². The van der Waals surface area contributed by atoms with Gasteiger partial charge in [0.15, 0.2) is 0 Å². The van der Waals surface area contributed by atoms with Crippen molar-refractivity contribution in [2.45, 2.75) is 91.6 Å². The number of Topliss-reactive ketones (excluding diaryl/α,β-unsaturated/α-hetero) is 1. The lowest BCUT2D eigenvalue weighted by molar-refractivity contribution is -0.153. The SMILES string of the molecule is CC(C)OC(=O)C1CC2C=CC1C2.CCC1CC2C=CC1(C(C)C1CCC(=O)CC1)C2. The van der Waals surface area contributed by atoms with Crippen molar-refractivity contribution in [3.05, 3.63) is 24.3 Å². The van der Waals surface area contributed by atoms with Crippen molar-refractivity contribution >= 4 is 11.8 Å². The summed E-state index contributed by atoms with van der Waals surface area (Å²) in [7, 11) is 0. The Morgan fingerprint density at radius 3 is 2.35 bits per heavy atom. The third-order valence-electron chi connectivity index (χ3n) is 9.21. The van der Waals surface area contributed by atoms with Gasteiger partial charge in [0, 0.05) is 12.8 Å². The molecular weight excluding hydrogens is 384 g/mol. The highest BCUT2D eigenvalue weighted by atomic mass is 16.5. The minimum Gasteiger partial charge on any atom is -0.463 e. The molecule has 7 unspecified atom stereocenters. The highest BCUT2D eigenvalue weighted by molar-refractivity contribution is 5.79. The summed E-state index contributed by atoms with van der Waals surface area (Å²) in [5.41, 5.74) is 0.491. The third-order valence-corrected chi connectivity index (χ3v) is 9.21. The van der Waals surface area contributed by atoms with Crippen LogP contribution in [-0.2, 0) is 14.3 Å². The molecule has 0 aliphatic heterocycles. The normalized spacial score (nSPS) is 39.1. The molecule has 3 fully saturated rings. The first-order chi connectivity index (χ1) is 14.8. The second-order valence-electron chi connectivity index (χ2n) is 11.3. The Labute approximate surface area is 189 Å². The molecule has 0 radical (unpaired) electrons. The van der Waals surface area contributed by atoms with Gasteiger partial charge >= 0.3 is 5.97 Å². The largest absolute Gasteiger partial charge is 0.463 e. The van der Waals surface area contributed by atoms with E-state index in [-0.39, 0.29) is 18.0 Å². The van der Waals surface area contributed by atoms with Gasteiger partial charge in [0.1, 0.15) is 5.78 Å². The van der Waals surface area contributed by atoms with Crippen molar-refractivity contribution in [3.63, 3.8) is 0 Å². The van der Waals surface area contributed by atoms with Gasteiger partial charge in [0.2, 0.25) is 0 Å². The van der Waals surface area contributed by atoms with Crippen molar-refractivity contribution in [2.75, 3.05) is 0 Å². The molecule has 172 valence electrons. The van der Waals surface area contributed by atoms with Gasteiger partial charge in [-0.3, -0.25) is 9.59 Å². The molecule has 0 aromatic carbocycles. The molecule has 4 bridgehead atoms. The molecule has 31 heavy (non-hydrogen) atoms. The van der Waals surface area contributed by atoms with Gasteiger partial charge in [-0.2, -0.15) is 0 Å². The summed E-state index contributed by atoms with van der Waals surface area (Å²) >= 11 is 0. The lowest BCUT2D eigenvalue weighted by Gasteiger charge is -2.43. The number of fused-ring (bicyclic) bond motifs is 4. The molecule has 5 aliphatic carbocycles. The van der Waals surface area contributed by atoms with E-state index in [9.17, 15) is 9.59 Å². The summed E-state index contributed by atoms with van der Waals surface area (Å²) in [6.45, 7) is 8.64. The molecule has 3 heteroatoms. The highest BCUT2D eigenvalue weighted by Crippen LogP contribution is 2.60. The van der Waals surface area contributed by atoms with Gasteiger partial charge in [-0.05, 0) is 93.3 Å². The van der Waals surface area contributed by atoms with Crippen LogP contribution in [0, 0.1) is 46.8 Å². The number of ketones is 1. The summed E-state index contributed by atoms with van der Waals surface area (Å²) in [5.74, 6) is 5.10. The summed E-state index contributed by atoms with van der Waals surface area (Å²) in [6.07, 6.45) is 19.8. The first-order valence-corrected chi connectivity index (χ1v) is 12.9. The molecule has 3 nitrogen and oxygen atoms in total. The lowest BCUT2D eigenvalue weighted by Crippen LogP contribution is -2.36. The van der Waals surface area contributed by atoms with Gasteiger partial charge < -0.3 is 4.74 Å². The van der Waals surface area contributed by atoms with E-state index >= 15 is 0 Å². The quantitative estimate of drug-likeness (QED) is 0.371. The number of carbonyl (C=O) groups is 2. The molecule has 0 spiro atoms. The number of carbonyl (C=O) groups excluding carboxylic acids is 2. The fourth-order valence-electron chi connectivity index (χ4n) is 7.48. The summed E-state index contributed by atoms with van der Waals surface area (Å²) < 4.78 is 5.21. The molecule has 5 rings (SSSR count). The van der Waals surface area contributed by atoms with E-state index in [1.165, 1.54) is 19.3 Å². The van der Waals surface area contributed by atoms with E-state index in [4.69, 9.17) is 4.74 Å². The minimum atomic E-state index is 0.00634. The standard InChI is InChI=1S/C17H26O.C11H16O2/c1-3-15-10-13-8-9-17(15,11-13)12(2)14-4-6-16(18)7-5-14;1-7(2)13-11(12)10-6-8-3-4-9(10)5-8/h8-9,12-15H,3-7,10-11H2,1-2H3;3-4,7-10H,5-6H2,1-2H3. The predicted octanol–water partition coefficient (Wildman–Crippen LogP) is 6.52. The van der Waals surface area contributed by atoms with E-state index in [0.29, 0.717) is 23.0 Å². The van der Waals surface area contributed by atoms with E-state index in [1.807, 2.05) is 13.8 Å². The molecule has 0 heterocycles. The monoisotopic (exact) mass is 426 g/mol. The number of hydrogen-bond acceptors (Lipinski definition) is 3. The Morgan fingerprint density at radius 2 is 1.81 bits per heavy atom. The van der Waals surface area contributed by atoms with Gasteiger partial charge in [-0.15, -0.1) is 0 Å². The lowest BCUT2D eigenvalue weighted by atomic mass is 9.61. The smallest absolute Gasteiger partial charge is 0.309 e. The molecule has 0 saturated heterocycles. The zero-order valence-electron chi connectivity index (χ0n) is 20.0. The van der Waals surface area contributed by atoms with Crippen LogP contribution in [0.3, 0.4) is 0 Å². The zero-order valence-corrected chi connectivity index (χ0v) is 20.0.